The number of amides is 2. The van der Waals surface area contributed by atoms with Crippen LogP contribution in [0, 0.1) is 11.3 Å². The van der Waals surface area contributed by atoms with E-state index in [1.807, 2.05) is 60.7 Å². The fourth-order valence-electron chi connectivity index (χ4n) is 4.37. The van der Waals surface area contributed by atoms with E-state index in [0.29, 0.717) is 31.1 Å². The van der Waals surface area contributed by atoms with E-state index in [9.17, 15) is 14.9 Å². The monoisotopic (exact) mass is 515 g/mol. The highest BCUT2D eigenvalue weighted by Gasteiger charge is 2.37. The molecule has 8 heteroatoms. The number of fused-ring (bicyclic) bond motifs is 1. The van der Waals surface area contributed by atoms with Crippen molar-refractivity contribution in [1.29, 1.82) is 5.26 Å². The third-order valence-corrected chi connectivity index (χ3v) is 8.69. The van der Waals surface area contributed by atoms with Gasteiger partial charge in [-0.3, -0.25) is 14.5 Å². The number of nitriles is 1. The van der Waals surface area contributed by atoms with Gasteiger partial charge in [0.05, 0.1) is 16.2 Å². The van der Waals surface area contributed by atoms with E-state index in [1.165, 1.54) is 21.1 Å². The Labute approximate surface area is 217 Å². The number of hydrogen-bond donors (Lipinski definition) is 1. The average Bonchev–Trinajstić information content (AvgIpc) is 3.38. The number of thiophene rings is 1. The highest BCUT2D eigenvalue weighted by atomic mass is 32.2. The number of carbonyl (C=O) groups is 2. The van der Waals surface area contributed by atoms with E-state index in [1.54, 1.807) is 0 Å². The second-order valence-electron chi connectivity index (χ2n) is 8.30. The number of para-hydroxylation sites is 1. The summed E-state index contributed by atoms with van der Waals surface area (Å²) >= 11 is 8.16. The van der Waals surface area contributed by atoms with Crippen LogP contribution in [0.4, 0.5) is 10.7 Å². The summed E-state index contributed by atoms with van der Waals surface area (Å²) in [5.74, 6) is -0.684. The molecule has 2 aliphatic rings. The summed E-state index contributed by atoms with van der Waals surface area (Å²) < 4.78 is 0.388. The van der Waals surface area contributed by atoms with Crippen molar-refractivity contribution in [2.24, 2.45) is 0 Å². The second kappa shape index (κ2) is 10.2. The smallest absolute Gasteiger partial charge is 0.271 e. The quantitative estimate of drug-likeness (QED) is 0.333. The van der Waals surface area contributed by atoms with E-state index in [-0.39, 0.29) is 18.2 Å². The van der Waals surface area contributed by atoms with Crippen LogP contribution in [0.2, 0.25) is 0 Å². The molecule has 1 fully saturated rings. The van der Waals surface area contributed by atoms with Crippen molar-refractivity contribution >= 4 is 62.1 Å². The van der Waals surface area contributed by atoms with Gasteiger partial charge >= 0.3 is 0 Å². The lowest BCUT2D eigenvalue weighted by Crippen LogP contribution is -2.28. The number of nitrogens with one attached hydrogen (secondary N) is 1. The van der Waals surface area contributed by atoms with Crippen LogP contribution < -0.4 is 10.2 Å². The minimum absolute atomic E-state index is 0.277. The number of aryl methyl sites for hydroxylation is 1. The van der Waals surface area contributed by atoms with E-state index in [4.69, 9.17) is 12.2 Å². The van der Waals surface area contributed by atoms with Crippen molar-refractivity contribution in [2.75, 3.05) is 10.2 Å². The third kappa shape index (κ3) is 4.67. The molecular weight excluding hydrogens is 495 g/mol. The summed E-state index contributed by atoms with van der Waals surface area (Å²) in [5, 5.41) is 13.4. The maximum atomic E-state index is 13.7. The molecule has 5 nitrogen and oxygen atoms in total. The van der Waals surface area contributed by atoms with Crippen LogP contribution in [-0.2, 0) is 28.9 Å². The maximum absolute atomic E-state index is 13.7. The van der Waals surface area contributed by atoms with E-state index in [0.717, 1.165) is 48.6 Å². The molecule has 2 aromatic carbocycles. The minimum Gasteiger partial charge on any atom is -0.313 e. The van der Waals surface area contributed by atoms with Gasteiger partial charge in [0.25, 0.3) is 11.8 Å². The zero-order valence-corrected chi connectivity index (χ0v) is 21.2. The van der Waals surface area contributed by atoms with Gasteiger partial charge in [0.2, 0.25) is 0 Å². The van der Waals surface area contributed by atoms with Gasteiger partial charge in [-0.2, -0.15) is 5.26 Å². The maximum Gasteiger partial charge on any atom is 0.271 e. The molecule has 2 heterocycles. The van der Waals surface area contributed by atoms with E-state index in [2.05, 4.69) is 11.4 Å². The average molecular weight is 516 g/mol. The summed E-state index contributed by atoms with van der Waals surface area (Å²) in [7, 11) is 0. The fraction of sp³-hybridized carbons (Fsp3) is 0.185. The molecule has 0 bridgehead atoms. The summed E-state index contributed by atoms with van der Waals surface area (Å²) in [6.45, 7) is 0. The Bertz CT molecular complexity index is 1390. The van der Waals surface area contributed by atoms with Gasteiger partial charge in [0, 0.05) is 16.9 Å². The first kappa shape index (κ1) is 23.5. The fourth-order valence-corrected chi connectivity index (χ4v) is 6.96. The summed E-state index contributed by atoms with van der Waals surface area (Å²) in [6.07, 6.45) is 4.20. The van der Waals surface area contributed by atoms with Crippen molar-refractivity contribution in [3.63, 3.8) is 0 Å². The van der Waals surface area contributed by atoms with Crippen LogP contribution in [0.5, 0.6) is 0 Å². The van der Waals surface area contributed by atoms with Crippen LogP contribution in [0.3, 0.4) is 0 Å². The molecule has 1 aliphatic heterocycles. The van der Waals surface area contributed by atoms with Gasteiger partial charge in [-0.05, 0) is 48.9 Å². The Hall–Kier alpha value is -3.25. The second-order valence-corrected chi connectivity index (χ2v) is 11.0. The Morgan fingerprint density at radius 1 is 1.06 bits per heavy atom. The largest absolute Gasteiger partial charge is 0.313 e. The molecular formula is C27H21N3O2S3. The van der Waals surface area contributed by atoms with Crippen molar-refractivity contribution in [2.45, 2.75) is 32.1 Å². The van der Waals surface area contributed by atoms with Crippen molar-refractivity contribution in [3.8, 4) is 6.07 Å². The molecule has 35 heavy (non-hydrogen) atoms. The Kier molecular flexibility index (Phi) is 6.82. The number of thioether (sulfide) groups is 1. The molecule has 5 rings (SSSR count). The standard InChI is InChI=1S/C27H21N3O2S3/c28-16-21-19-13-7-8-14-22(19)34-25(21)29-24(31)20(15-17-9-3-1-4-10-17)23-26(32)30(27(33)35-23)18-11-5-2-6-12-18/h1-6,9-12H,7-8,13-15H2,(H,29,31)/b23-20+. The van der Waals surface area contributed by atoms with Crippen molar-refractivity contribution < 1.29 is 9.59 Å². The van der Waals surface area contributed by atoms with Gasteiger partial charge < -0.3 is 5.32 Å². The Balaban J connectivity index is 1.53. The first-order valence-electron chi connectivity index (χ1n) is 11.3. The number of hydrogen-bond acceptors (Lipinski definition) is 6. The summed E-state index contributed by atoms with van der Waals surface area (Å²) in [6, 6.07) is 21.1. The minimum atomic E-state index is -0.377. The Morgan fingerprint density at radius 2 is 1.74 bits per heavy atom. The lowest BCUT2D eigenvalue weighted by molar-refractivity contribution is -0.115. The molecule has 1 saturated heterocycles. The molecule has 0 atom stereocenters. The van der Waals surface area contributed by atoms with Gasteiger partial charge in [-0.1, -0.05) is 72.5 Å². The van der Waals surface area contributed by atoms with E-state index < -0.39 is 0 Å². The van der Waals surface area contributed by atoms with Gasteiger partial charge in [-0.25, -0.2) is 0 Å². The predicted octanol–water partition coefficient (Wildman–Crippen LogP) is 6.00. The van der Waals surface area contributed by atoms with Crippen molar-refractivity contribution in [1.82, 2.24) is 0 Å². The zero-order chi connectivity index (χ0) is 24.4. The molecule has 1 N–H and O–H groups in total. The number of rotatable bonds is 5. The SMILES string of the molecule is N#Cc1c(NC(=O)/C(Cc2ccccc2)=C2/SC(=S)N(c3ccccc3)C2=O)sc2c1CCCC2. The third-order valence-electron chi connectivity index (χ3n) is 6.07. The number of thiocarbonyl (C=S) groups is 1. The highest BCUT2D eigenvalue weighted by molar-refractivity contribution is 8.27. The lowest BCUT2D eigenvalue weighted by atomic mass is 9.96. The molecule has 0 radical (unpaired) electrons. The molecule has 1 aromatic heterocycles. The number of benzene rings is 2. The molecule has 3 aromatic rings. The molecule has 0 saturated carbocycles. The summed E-state index contributed by atoms with van der Waals surface area (Å²) in [5.41, 5.74) is 3.53. The topological polar surface area (TPSA) is 73.2 Å². The van der Waals surface area contributed by atoms with Gasteiger partial charge in [0.15, 0.2) is 4.32 Å². The molecule has 0 spiro atoms. The first-order chi connectivity index (χ1) is 17.1. The van der Waals surface area contributed by atoms with Gasteiger partial charge in [0.1, 0.15) is 11.1 Å². The predicted molar refractivity (Wildman–Crippen MR) is 146 cm³/mol. The molecule has 174 valence electrons. The number of anilines is 2. The van der Waals surface area contributed by atoms with Crippen LogP contribution in [0.1, 0.15) is 34.4 Å². The Morgan fingerprint density at radius 3 is 2.46 bits per heavy atom. The summed E-state index contributed by atoms with van der Waals surface area (Å²) in [4.78, 5) is 30.2. The number of carbonyl (C=O) groups excluding carboxylic acids is 2. The van der Waals surface area contributed by atoms with Gasteiger partial charge in [-0.15, -0.1) is 11.3 Å². The lowest BCUT2D eigenvalue weighted by Gasteiger charge is -2.15. The zero-order valence-electron chi connectivity index (χ0n) is 18.7. The first-order valence-corrected chi connectivity index (χ1v) is 13.4. The molecule has 2 amide bonds. The van der Waals surface area contributed by atoms with Crippen LogP contribution >= 0.6 is 35.3 Å². The van der Waals surface area contributed by atoms with E-state index >= 15 is 0 Å². The highest BCUT2D eigenvalue weighted by Crippen LogP contribution is 2.40. The normalized spacial score (nSPS) is 16.6. The van der Waals surface area contributed by atoms with Crippen molar-refractivity contribution in [3.05, 3.63) is 92.7 Å². The van der Waals surface area contributed by atoms with Crippen LogP contribution in [-0.4, -0.2) is 16.1 Å². The van der Waals surface area contributed by atoms with Crippen LogP contribution in [0.25, 0.3) is 0 Å². The molecule has 1 aliphatic carbocycles. The molecule has 0 unspecified atom stereocenters. The number of nitrogens with zero attached hydrogens (tertiary/aromatic N) is 2. The van der Waals surface area contributed by atoms with Crippen LogP contribution in [0.15, 0.2) is 71.1 Å².